The normalized spacial score (nSPS) is 17.1. The minimum atomic E-state index is -0.759. The Labute approximate surface area is 160 Å². The number of hydrogen-bond donors (Lipinski definition) is 2. The number of aromatic amines is 1. The number of oxime groups is 1. The molecule has 8 heteroatoms. The standard InChI is InChI=1S/C20H19FN4O3/c1-11(19-23-15-7-6-14(27-2)9-17(15)24-19)22-20(26)18-10-16(25-28-18)12-4-3-5-13(21)8-12/h3-9,11,18H,10H2,1-2H3,(H,22,26)(H,23,24). The summed E-state index contributed by atoms with van der Waals surface area (Å²) in [4.78, 5) is 25.5. The molecule has 28 heavy (non-hydrogen) atoms. The largest absolute Gasteiger partial charge is 0.497 e. The average Bonchev–Trinajstić information content (AvgIpc) is 3.34. The molecular weight excluding hydrogens is 363 g/mol. The second-order valence-corrected chi connectivity index (χ2v) is 6.58. The Hall–Kier alpha value is -3.42. The quantitative estimate of drug-likeness (QED) is 0.710. The maximum absolute atomic E-state index is 13.4. The van der Waals surface area contributed by atoms with Crippen LogP contribution in [0.3, 0.4) is 0 Å². The number of aromatic nitrogens is 2. The van der Waals surface area contributed by atoms with Crippen LogP contribution in [0.2, 0.25) is 0 Å². The van der Waals surface area contributed by atoms with E-state index in [-0.39, 0.29) is 24.2 Å². The van der Waals surface area contributed by atoms with Crippen LogP contribution in [0.1, 0.15) is 30.8 Å². The molecule has 1 amide bonds. The molecule has 2 unspecified atom stereocenters. The Bertz CT molecular complexity index is 1060. The van der Waals surface area contributed by atoms with E-state index in [0.717, 1.165) is 16.8 Å². The van der Waals surface area contributed by atoms with E-state index in [1.807, 2.05) is 25.1 Å². The van der Waals surface area contributed by atoms with Crippen molar-refractivity contribution in [3.8, 4) is 5.75 Å². The van der Waals surface area contributed by atoms with Gasteiger partial charge in [-0.2, -0.15) is 0 Å². The minimum absolute atomic E-state index is 0.277. The van der Waals surface area contributed by atoms with Crippen molar-refractivity contribution in [1.82, 2.24) is 15.3 Å². The SMILES string of the molecule is COc1ccc2nc(C(C)NC(=O)C3CC(c4cccc(F)c4)=NO3)[nH]c2c1. The van der Waals surface area contributed by atoms with Crippen molar-refractivity contribution in [3.05, 3.63) is 59.7 Å². The molecular formula is C20H19FN4O3. The van der Waals surface area contributed by atoms with Crippen LogP contribution >= 0.6 is 0 Å². The van der Waals surface area contributed by atoms with Crippen LogP contribution in [0.25, 0.3) is 11.0 Å². The predicted molar refractivity (Wildman–Crippen MR) is 102 cm³/mol. The molecule has 2 aromatic carbocycles. The Morgan fingerprint density at radius 3 is 3.00 bits per heavy atom. The van der Waals surface area contributed by atoms with Crippen LogP contribution in [-0.4, -0.2) is 34.8 Å². The monoisotopic (exact) mass is 382 g/mol. The third kappa shape index (κ3) is 3.53. The summed E-state index contributed by atoms with van der Waals surface area (Å²) in [5.41, 5.74) is 2.76. The van der Waals surface area contributed by atoms with E-state index in [1.165, 1.54) is 12.1 Å². The molecule has 0 radical (unpaired) electrons. The topological polar surface area (TPSA) is 88.6 Å². The molecule has 0 fully saturated rings. The average molecular weight is 382 g/mol. The smallest absolute Gasteiger partial charge is 0.264 e. The van der Waals surface area contributed by atoms with E-state index in [1.54, 1.807) is 19.2 Å². The fourth-order valence-corrected chi connectivity index (χ4v) is 3.07. The van der Waals surface area contributed by atoms with E-state index >= 15 is 0 Å². The number of hydrogen-bond acceptors (Lipinski definition) is 5. The van der Waals surface area contributed by atoms with Crippen molar-refractivity contribution >= 4 is 22.7 Å². The fourth-order valence-electron chi connectivity index (χ4n) is 3.07. The minimum Gasteiger partial charge on any atom is -0.497 e. The van der Waals surface area contributed by atoms with Gasteiger partial charge in [0.2, 0.25) is 6.10 Å². The van der Waals surface area contributed by atoms with Gasteiger partial charge >= 0.3 is 0 Å². The molecule has 1 aliphatic heterocycles. The number of nitrogens with one attached hydrogen (secondary N) is 2. The first-order valence-corrected chi connectivity index (χ1v) is 8.86. The zero-order valence-corrected chi connectivity index (χ0v) is 15.4. The van der Waals surface area contributed by atoms with Gasteiger partial charge in [0, 0.05) is 18.1 Å². The van der Waals surface area contributed by atoms with Crippen LogP contribution < -0.4 is 10.1 Å². The summed E-state index contributed by atoms with van der Waals surface area (Å²) in [6.45, 7) is 1.83. The second-order valence-electron chi connectivity index (χ2n) is 6.58. The van der Waals surface area contributed by atoms with Crippen LogP contribution in [0.4, 0.5) is 4.39 Å². The van der Waals surface area contributed by atoms with Gasteiger partial charge < -0.3 is 19.9 Å². The summed E-state index contributed by atoms with van der Waals surface area (Å²) in [5, 5.41) is 6.81. The lowest BCUT2D eigenvalue weighted by molar-refractivity contribution is -0.131. The molecule has 0 saturated heterocycles. The number of carbonyl (C=O) groups excluding carboxylic acids is 1. The van der Waals surface area contributed by atoms with Gasteiger partial charge in [-0.15, -0.1) is 0 Å². The van der Waals surface area contributed by atoms with E-state index in [9.17, 15) is 9.18 Å². The first-order valence-electron chi connectivity index (χ1n) is 8.86. The van der Waals surface area contributed by atoms with Crippen molar-refractivity contribution in [2.75, 3.05) is 7.11 Å². The Morgan fingerprint density at radius 1 is 1.36 bits per heavy atom. The number of H-pyrrole nitrogens is 1. The van der Waals surface area contributed by atoms with Gasteiger partial charge in [0.1, 0.15) is 17.4 Å². The number of imidazole rings is 1. The van der Waals surface area contributed by atoms with Gasteiger partial charge in [-0.05, 0) is 31.2 Å². The molecule has 0 saturated carbocycles. The molecule has 0 bridgehead atoms. The number of rotatable bonds is 5. The van der Waals surface area contributed by atoms with Crippen molar-refractivity contribution in [3.63, 3.8) is 0 Å². The fraction of sp³-hybridized carbons (Fsp3) is 0.250. The maximum Gasteiger partial charge on any atom is 0.264 e. The zero-order chi connectivity index (χ0) is 19.7. The highest BCUT2D eigenvalue weighted by atomic mass is 19.1. The summed E-state index contributed by atoms with van der Waals surface area (Å²) < 4.78 is 18.6. The van der Waals surface area contributed by atoms with Crippen LogP contribution in [0, 0.1) is 5.82 Å². The van der Waals surface area contributed by atoms with E-state index in [2.05, 4.69) is 20.4 Å². The number of benzene rings is 2. The molecule has 2 N–H and O–H groups in total. The molecule has 0 aliphatic carbocycles. The predicted octanol–water partition coefficient (Wildman–Crippen LogP) is 3.08. The Balaban J connectivity index is 1.41. The summed E-state index contributed by atoms with van der Waals surface area (Å²) in [5.74, 6) is 0.686. The lowest BCUT2D eigenvalue weighted by atomic mass is 10.0. The number of nitrogens with zero attached hydrogens (tertiary/aromatic N) is 2. The number of amides is 1. The number of fused-ring (bicyclic) bond motifs is 1. The van der Waals surface area contributed by atoms with E-state index in [4.69, 9.17) is 9.57 Å². The molecule has 144 valence electrons. The first-order chi connectivity index (χ1) is 13.5. The Morgan fingerprint density at radius 2 is 2.21 bits per heavy atom. The lowest BCUT2D eigenvalue weighted by Gasteiger charge is -2.14. The summed E-state index contributed by atoms with van der Waals surface area (Å²) in [6, 6.07) is 11.2. The van der Waals surface area contributed by atoms with Gasteiger partial charge in [-0.3, -0.25) is 4.79 Å². The molecule has 3 aromatic rings. The summed E-state index contributed by atoms with van der Waals surface area (Å²) >= 11 is 0. The zero-order valence-electron chi connectivity index (χ0n) is 15.4. The number of carbonyl (C=O) groups is 1. The molecule has 1 aromatic heterocycles. The van der Waals surface area contributed by atoms with Gasteiger partial charge in [-0.1, -0.05) is 17.3 Å². The van der Waals surface area contributed by atoms with Gasteiger partial charge in [0.25, 0.3) is 5.91 Å². The number of halogens is 1. The van der Waals surface area contributed by atoms with Crippen LogP contribution in [0.5, 0.6) is 5.75 Å². The Kier molecular flexibility index (Phi) is 4.68. The van der Waals surface area contributed by atoms with Crippen molar-refractivity contribution in [1.29, 1.82) is 0 Å². The summed E-state index contributed by atoms with van der Waals surface area (Å²) in [6.07, 6.45) is -0.482. The molecule has 2 heterocycles. The highest BCUT2D eigenvalue weighted by Crippen LogP contribution is 2.22. The maximum atomic E-state index is 13.4. The van der Waals surface area contributed by atoms with Gasteiger partial charge in [0.05, 0.1) is 29.9 Å². The highest BCUT2D eigenvalue weighted by Gasteiger charge is 2.30. The van der Waals surface area contributed by atoms with E-state index in [0.29, 0.717) is 17.1 Å². The first kappa shape index (κ1) is 18.0. The number of ether oxygens (including phenoxy) is 1. The van der Waals surface area contributed by atoms with Crippen molar-refractivity contribution in [2.45, 2.75) is 25.5 Å². The highest BCUT2D eigenvalue weighted by molar-refractivity contribution is 6.04. The molecule has 4 rings (SSSR count). The van der Waals surface area contributed by atoms with Crippen molar-refractivity contribution < 1.29 is 18.8 Å². The molecule has 1 aliphatic rings. The second kappa shape index (κ2) is 7.30. The number of methoxy groups -OCH3 is 1. The molecule has 2 atom stereocenters. The van der Waals surface area contributed by atoms with Crippen LogP contribution in [-0.2, 0) is 9.63 Å². The van der Waals surface area contributed by atoms with Gasteiger partial charge in [-0.25, -0.2) is 9.37 Å². The van der Waals surface area contributed by atoms with Crippen molar-refractivity contribution in [2.24, 2.45) is 5.16 Å². The third-order valence-electron chi connectivity index (χ3n) is 4.60. The lowest BCUT2D eigenvalue weighted by Crippen LogP contribution is -2.36. The molecule has 0 spiro atoms. The van der Waals surface area contributed by atoms with Crippen LogP contribution in [0.15, 0.2) is 47.6 Å². The van der Waals surface area contributed by atoms with Gasteiger partial charge in [0.15, 0.2) is 0 Å². The van der Waals surface area contributed by atoms with E-state index < -0.39 is 6.10 Å². The summed E-state index contributed by atoms with van der Waals surface area (Å²) in [7, 11) is 1.60. The third-order valence-corrected chi connectivity index (χ3v) is 4.60. The molecule has 7 nitrogen and oxygen atoms in total.